The van der Waals surface area contributed by atoms with E-state index in [9.17, 15) is 20.0 Å². The SMILES string of the molecule is Cn1cccc1C(=O)Nc1c(O)cccc1[N+](=O)[O-]. The highest BCUT2D eigenvalue weighted by atomic mass is 16.6. The van der Waals surface area contributed by atoms with Gasteiger partial charge in [0.15, 0.2) is 5.69 Å². The molecule has 1 aromatic carbocycles. The van der Waals surface area contributed by atoms with Crippen molar-refractivity contribution < 1.29 is 14.8 Å². The minimum Gasteiger partial charge on any atom is -0.505 e. The first-order valence-electron chi connectivity index (χ1n) is 5.39. The lowest BCUT2D eigenvalue weighted by molar-refractivity contribution is -0.384. The molecule has 0 fully saturated rings. The second-order valence-electron chi connectivity index (χ2n) is 3.89. The van der Waals surface area contributed by atoms with Crippen LogP contribution in [0.5, 0.6) is 5.75 Å². The lowest BCUT2D eigenvalue weighted by atomic mass is 10.2. The van der Waals surface area contributed by atoms with Crippen LogP contribution in [0.25, 0.3) is 0 Å². The molecule has 0 bridgehead atoms. The van der Waals surface area contributed by atoms with Crippen molar-refractivity contribution >= 4 is 17.3 Å². The van der Waals surface area contributed by atoms with Crippen LogP contribution in [0.4, 0.5) is 11.4 Å². The maximum Gasteiger partial charge on any atom is 0.296 e. The van der Waals surface area contributed by atoms with Crippen LogP contribution < -0.4 is 5.32 Å². The van der Waals surface area contributed by atoms with Crippen molar-refractivity contribution in [3.8, 4) is 5.75 Å². The Morgan fingerprint density at radius 2 is 2.11 bits per heavy atom. The summed E-state index contributed by atoms with van der Waals surface area (Å²) in [6.07, 6.45) is 1.67. The van der Waals surface area contributed by atoms with Gasteiger partial charge in [0.1, 0.15) is 11.4 Å². The molecule has 0 unspecified atom stereocenters. The second-order valence-corrected chi connectivity index (χ2v) is 3.89. The summed E-state index contributed by atoms with van der Waals surface area (Å²) in [6.45, 7) is 0. The van der Waals surface area contributed by atoms with Crippen LogP contribution in [-0.4, -0.2) is 20.5 Å². The van der Waals surface area contributed by atoms with Gasteiger partial charge in [-0.05, 0) is 18.2 Å². The van der Waals surface area contributed by atoms with Gasteiger partial charge in [-0.25, -0.2) is 0 Å². The highest BCUT2D eigenvalue weighted by Crippen LogP contribution is 2.33. The van der Waals surface area contributed by atoms with Gasteiger partial charge in [-0.1, -0.05) is 6.07 Å². The third-order valence-electron chi connectivity index (χ3n) is 2.63. The number of hydrogen-bond donors (Lipinski definition) is 2. The van der Waals surface area contributed by atoms with E-state index >= 15 is 0 Å². The summed E-state index contributed by atoms with van der Waals surface area (Å²) in [7, 11) is 1.67. The topological polar surface area (TPSA) is 97.4 Å². The number of carbonyl (C=O) groups is 1. The number of nitrogens with zero attached hydrogens (tertiary/aromatic N) is 2. The summed E-state index contributed by atoms with van der Waals surface area (Å²) >= 11 is 0. The zero-order valence-corrected chi connectivity index (χ0v) is 10.0. The first-order valence-corrected chi connectivity index (χ1v) is 5.39. The Morgan fingerprint density at radius 1 is 1.37 bits per heavy atom. The number of benzene rings is 1. The van der Waals surface area contributed by atoms with Crippen molar-refractivity contribution in [2.24, 2.45) is 7.05 Å². The summed E-state index contributed by atoms with van der Waals surface area (Å²) in [5.74, 6) is -0.881. The molecular weight excluding hydrogens is 250 g/mol. The third-order valence-corrected chi connectivity index (χ3v) is 2.63. The van der Waals surface area contributed by atoms with Crippen molar-refractivity contribution in [3.05, 3.63) is 52.3 Å². The van der Waals surface area contributed by atoms with Crippen molar-refractivity contribution in [1.82, 2.24) is 4.57 Å². The van der Waals surface area contributed by atoms with Crippen LogP contribution in [0.1, 0.15) is 10.5 Å². The number of aryl methyl sites for hydroxylation is 1. The van der Waals surface area contributed by atoms with Gasteiger partial charge < -0.3 is 15.0 Å². The number of para-hydroxylation sites is 1. The zero-order valence-electron chi connectivity index (χ0n) is 10.0. The molecule has 19 heavy (non-hydrogen) atoms. The Hall–Kier alpha value is -2.83. The summed E-state index contributed by atoms with van der Waals surface area (Å²) in [6, 6.07) is 7.06. The molecule has 1 heterocycles. The number of nitro benzene ring substituents is 1. The van der Waals surface area contributed by atoms with E-state index in [0.29, 0.717) is 5.69 Å². The van der Waals surface area contributed by atoms with E-state index < -0.39 is 10.8 Å². The number of phenolic OH excluding ortho intramolecular Hbond substituents is 1. The van der Waals surface area contributed by atoms with Gasteiger partial charge in [-0.15, -0.1) is 0 Å². The molecule has 0 spiro atoms. The molecule has 0 aliphatic rings. The normalized spacial score (nSPS) is 10.2. The van der Waals surface area contributed by atoms with Crippen molar-refractivity contribution in [3.63, 3.8) is 0 Å². The van der Waals surface area contributed by atoms with Gasteiger partial charge in [0.25, 0.3) is 11.6 Å². The number of aromatic nitrogens is 1. The molecule has 0 aliphatic heterocycles. The van der Waals surface area contributed by atoms with E-state index in [4.69, 9.17) is 0 Å². The molecule has 2 aromatic rings. The van der Waals surface area contributed by atoms with Gasteiger partial charge in [-0.3, -0.25) is 14.9 Å². The van der Waals surface area contributed by atoms with Gasteiger partial charge in [-0.2, -0.15) is 0 Å². The molecule has 0 saturated heterocycles. The van der Waals surface area contributed by atoms with Gasteiger partial charge in [0.2, 0.25) is 0 Å². The number of nitrogens with one attached hydrogen (secondary N) is 1. The Balaban J connectivity index is 2.36. The molecule has 1 aromatic heterocycles. The Bertz CT molecular complexity index is 648. The maximum atomic E-state index is 12.0. The van der Waals surface area contributed by atoms with Crippen molar-refractivity contribution in [2.45, 2.75) is 0 Å². The number of nitro groups is 1. The number of amides is 1. The van der Waals surface area contributed by atoms with Crippen molar-refractivity contribution in [2.75, 3.05) is 5.32 Å². The van der Waals surface area contributed by atoms with Gasteiger partial charge in [0.05, 0.1) is 4.92 Å². The molecule has 1 amide bonds. The fourth-order valence-corrected chi connectivity index (χ4v) is 1.68. The summed E-state index contributed by atoms with van der Waals surface area (Å²) in [5, 5.41) is 22.8. The maximum absolute atomic E-state index is 12.0. The predicted molar refractivity (Wildman–Crippen MR) is 68.1 cm³/mol. The minimum absolute atomic E-state index is 0.210. The molecule has 2 N–H and O–H groups in total. The number of carbonyl (C=O) groups excluding carboxylic acids is 1. The first kappa shape index (κ1) is 12.6. The van der Waals surface area contributed by atoms with E-state index in [0.717, 1.165) is 0 Å². The van der Waals surface area contributed by atoms with E-state index in [2.05, 4.69) is 5.32 Å². The molecule has 7 heteroatoms. The molecule has 0 radical (unpaired) electrons. The molecular formula is C12H11N3O4. The van der Waals surface area contributed by atoms with Crippen LogP contribution in [0.3, 0.4) is 0 Å². The van der Waals surface area contributed by atoms with Gasteiger partial charge in [0, 0.05) is 19.3 Å². The van der Waals surface area contributed by atoms with Crippen LogP contribution >= 0.6 is 0 Å². The number of hydrogen-bond acceptors (Lipinski definition) is 4. The fraction of sp³-hybridized carbons (Fsp3) is 0.0833. The monoisotopic (exact) mass is 261 g/mol. The Kier molecular flexibility index (Phi) is 3.19. The van der Waals surface area contributed by atoms with E-state index in [1.165, 1.54) is 18.2 Å². The largest absolute Gasteiger partial charge is 0.505 e. The fourth-order valence-electron chi connectivity index (χ4n) is 1.68. The summed E-state index contributed by atoms with van der Waals surface area (Å²) < 4.78 is 1.57. The number of aromatic hydroxyl groups is 1. The van der Waals surface area contributed by atoms with Crippen LogP contribution in [-0.2, 0) is 7.05 Å². The van der Waals surface area contributed by atoms with Crippen LogP contribution in [0.15, 0.2) is 36.5 Å². The molecule has 0 aliphatic carbocycles. The molecule has 98 valence electrons. The van der Waals surface area contributed by atoms with E-state index in [-0.39, 0.29) is 17.1 Å². The van der Waals surface area contributed by atoms with E-state index in [1.54, 1.807) is 29.9 Å². The standard InChI is InChI=1S/C12H11N3O4/c1-14-7-3-5-9(14)12(17)13-11-8(15(18)19)4-2-6-10(11)16/h2-7,16H,1H3,(H,13,17). The molecule has 2 rings (SSSR count). The zero-order chi connectivity index (χ0) is 14.0. The Morgan fingerprint density at radius 3 is 2.68 bits per heavy atom. The summed E-state index contributed by atoms with van der Waals surface area (Å²) in [4.78, 5) is 22.1. The lowest BCUT2D eigenvalue weighted by Gasteiger charge is -2.08. The number of anilines is 1. The minimum atomic E-state index is -0.666. The second kappa shape index (κ2) is 4.81. The third kappa shape index (κ3) is 2.39. The Labute approximate surface area is 108 Å². The van der Waals surface area contributed by atoms with Crippen LogP contribution in [0.2, 0.25) is 0 Å². The summed E-state index contributed by atoms with van der Waals surface area (Å²) in [5.41, 5.74) is -0.237. The highest BCUT2D eigenvalue weighted by Gasteiger charge is 2.20. The van der Waals surface area contributed by atoms with Crippen molar-refractivity contribution in [1.29, 1.82) is 0 Å². The van der Waals surface area contributed by atoms with Crippen LogP contribution in [0, 0.1) is 10.1 Å². The highest BCUT2D eigenvalue weighted by molar-refractivity contribution is 6.05. The van der Waals surface area contributed by atoms with E-state index in [1.807, 2.05) is 0 Å². The average Bonchev–Trinajstić information content (AvgIpc) is 2.77. The molecule has 0 saturated carbocycles. The number of rotatable bonds is 3. The first-order chi connectivity index (χ1) is 9.00. The lowest BCUT2D eigenvalue weighted by Crippen LogP contribution is -2.16. The molecule has 0 atom stereocenters. The molecule has 7 nitrogen and oxygen atoms in total. The average molecular weight is 261 g/mol. The predicted octanol–water partition coefficient (Wildman–Crippen LogP) is 1.89. The smallest absolute Gasteiger partial charge is 0.296 e. The number of phenols is 1. The quantitative estimate of drug-likeness (QED) is 0.500. The van der Waals surface area contributed by atoms with Gasteiger partial charge >= 0.3 is 0 Å².